The standard InChI is InChI=1S/C19H21Cl2NO/c1-19(2,3)10-9-12-5-4-6-16-17(12)22-18(23-16)14-11-13(20)7-8-15(14)21/h4-8,11,18,22H,9-10H2,1-3H3. The van der Waals surface area contributed by atoms with Gasteiger partial charge >= 0.3 is 0 Å². The lowest BCUT2D eigenvalue weighted by atomic mass is 9.88. The van der Waals surface area contributed by atoms with Gasteiger partial charge in [0.05, 0.1) is 5.69 Å². The van der Waals surface area contributed by atoms with Crippen molar-refractivity contribution in [1.82, 2.24) is 0 Å². The molecule has 0 spiro atoms. The number of nitrogens with one attached hydrogen (secondary N) is 1. The number of ether oxygens (including phenoxy) is 1. The number of halogens is 2. The molecule has 0 saturated heterocycles. The van der Waals surface area contributed by atoms with E-state index in [0.717, 1.165) is 29.8 Å². The predicted octanol–water partition coefficient (Wildman–Crippen LogP) is 6.48. The van der Waals surface area contributed by atoms with Gasteiger partial charge in [0, 0.05) is 15.6 Å². The van der Waals surface area contributed by atoms with Gasteiger partial charge in [0.2, 0.25) is 0 Å². The number of para-hydroxylation sites is 1. The number of anilines is 1. The van der Waals surface area contributed by atoms with Gasteiger partial charge < -0.3 is 10.1 Å². The second kappa shape index (κ2) is 6.26. The number of rotatable bonds is 3. The third kappa shape index (κ3) is 3.76. The van der Waals surface area contributed by atoms with Crippen LogP contribution < -0.4 is 10.1 Å². The van der Waals surface area contributed by atoms with Crippen LogP contribution in [0.1, 0.15) is 44.5 Å². The highest BCUT2D eigenvalue weighted by Crippen LogP contribution is 2.43. The van der Waals surface area contributed by atoms with Crippen molar-refractivity contribution in [3.63, 3.8) is 0 Å². The molecule has 1 heterocycles. The lowest BCUT2D eigenvalue weighted by molar-refractivity contribution is 0.260. The zero-order valence-electron chi connectivity index (χ0n) is 13.6. The van der Waals surface area contributed by atoms with Crippen LogP contribution in [0, 0.1) is 5.41 Å². The molecule has 0 fully saturated rings. The Morgan fingerprint density at radius 1 is 1.13 bits per heavy atom. The maximum Gasteiger partial charge on any atom is 0.198 e. The zero-order chi connectivity index (χ0) is 16.6. The van der Waals surface area contributed by atoms with Crippen LogP contribution in [0.4, 0.5) is 5.69 Å². The van der Waals surface area contributed by atoms with Gasteiger partial charge in [-0.05, 0) is 48.1 Å². The summed E-state index contributed by atoms with van der Waals surface area (Å²) in [5.74, 6) is 0.873. The minimum atomic E-state index is -0.299. The van der Waals surface area contributed by atoms with Crippen molar-refractivity contribution in [3.05, 3.63) is 57.6 Å². The fourth-order valence-corrected chi connectivity index (χ4v) is 3.10. The lowest BCUT2D eigenvalue weighted by Crippen LogP contribution is -2.11. The molecule has 1 aliphatic rings. The molecule has 0 radical (unpaired) electrons. The number of benzene rings is 2. The van der Waals surface area contributed by atoms with Gasteiger partial charge in [-0.25, -0.2) is 0 Å². The maximum atomic E-state index is 6.30. The first-order chi connectivity index (χ1) is 10.8. The normalized spacial score (nSPS) is 16.7. The molecule has 4 heteroatoms. The quantitative estimate of drug-likeness (QED) is 0.684. The summed E-state index contributed by atoms with van der Waals surface area (Å²) in [6.07, 6.45) is 1.83. The molecule has 1 N–H and O–H groups in total. The molecule has 0 saturated carbocycles. The van der Waals surface area contributed by atoms with E-state index >= 15 is 0 Å². The summed E-state index contributed by atoms with van der Waals surface area (Å²) >= 11 is 12.4. The Morgan fingerprint density at radius 3 is 2.65 bits per heavy atom. The number of hydrogen-bond donors (Lipinski definition) is 1. The Bertz CT molecular complexity index is 722. The van der Waals surface area contributed by atoms with E-state index in [1.54, 1.807) is 12.1 Å². The second-order valence-electron chi connectivity index (χ2n) is 7.16. The van der Waals surface area contributed by atoms with Gasteiger partial charge in [0.1, 0.15) is 5.75 Å². The highest BCUT2D eigenvalue weighted by molar-refractivity contribution is 6.33. The van der Waals surface area contributed by atoms with Crippen molar-refractivity contribution in [1.29, 1.82) is 0 Å². The zero-order valence-corrected chi connectivity index (χ0v) is 15.1. The van der Waals surface area contributed by atoms with Crippen LogP contribution in [0.3, 0.4) is 0 Å². The van der Waals surface area contributed by atoms with Gasteiger partial charge in [0.25, 0.3) is 0 Å². The van der Waals surface area contributed by atoms with Crippen molar-refractivity contribution in [2.24, 2.45) is 5.41 Å². The first-order valence-electron chi connectivity index (χ1n) is 7.83. The monoisotopic (exact) mass is 349 g/mol. The Balaban J connectivity index is 1.85. The van der Waals surface area contributed by atoms with Crippen LogP contribution in [-0.2, 0) is 6.42 Å². The summed E-state index contributed by atoms with van der Waals surface area (Å²) in [5, 5.41) is 4.76. The molecule has 0 aromatic heterocycles. The summed E-state index contributed by atoms with van der Waals surface area (Å²) in [6.45, 7) is 6.78. The van der Waals surface area contributed by atoms with Crippen LogP contribution in [-0.4, -0.2) is 0 Å². The van der Waals surface area contributed by atoms with E-state index in [0.29, 0.717) is 15.5 Å². The summed E-state index contributed by atoms with van der Waals surface area (Å²) in [4.78, 5) is 0. The van der Waals surface area contributed by atoms with E-state index < -0.39 is 0 Å². The topological polar surface area (TPSA) is 21.3 Å². The van der Waals surface area contributed by atoms with E-state index in [2.05, 4.69) is 32.2 Å². The Kier molecular flexibility index (Phi) is 4.48. The highest BCUT2D eigenvalue weighted by atomic mass is 35.5. The van der Waals surface area contributed by atoms with Crippen LogP contribution in [0.25, 0.3) is 0 Å². The molecule has 2 nitrogen and oxygen atoms in total. The third-order valence-corrected chi connectivity index (χ3v) is 4.60. The fourth-order valence-electron chi connectivity index (χ4n) is 2.70. The summed E-state index contributed by atoms with van der Waals surface area (Å²) < 4.78 is 6.05. The number of aryl methyl sites for hydroxylation is 1. The van der Waals surface area contributed by atoms with Gasteiger partial charge in [-0.15, -0.1) is 0 Å². The fraction of sp³-hybridized carbons (Fsp3) is 0.368. The lowest BCUT2D eigenvalue weighted by Gasteiger charge is -2.18. The summed E-state index contributed by atoms with van der Waals surface area (Å²) in [7, 11) is 0. The van der Waals surface area contributed by atoms with Crippen LogP contribution in [0.5, 0.6) is 5.75 Å². The molecule has 0 bridgehead atoms. The average molecular weight is 350 g/mol. The van der Waals surface area contributed by atoms with Crippen molar-refractivity contribution < 1.29 is 4.74 Å². The van der Waals surface area contributed by atoms with Crippen molar-refractivity contribution >= 4 is 28.9 Å². The molecule has 1 unspecified atom stereocenters. The van der Waals surface area contributed by atoms with Crippen LogP contribution in [0.2, 0.25) is 10.0 Å². The third-order valence-electron chi connectivity index (χ3n) is 4.02. The smallest absolute Gasteiger partial charge is 0.198 e. The molecule has 2 aromatic rings. The van der Waals surface area contributed by atoms with E-state index in [4.69, 9.17) is 27.9 Å². The van der Waals surface area contributed by atoms with E-state index in [1.807, 2.05) is 18.2 Å². The Hall–Kier alpha value is -1.38. The summed E-state index contributed by atoms with van der Waals surface area (Å²) in [6, 6.07) is 11.6. The highest BCUT2D eigenvalue weighted by Gasteiger charge is 2.27. The second-order valence-corrected chi connectivity index (χ2v) is 8.00. The van der Waals surface area contributed by atoms with Crippen LogP contribution >= 0.6 is 23.2 Å². The van der Waals surface area contributed by atoms with Gasteiger partial charge in [0.15, 0.2) is 6.23 Å². The average Bonchev–Trinajstić information content (AvgIpc) is 2.91. The predicted molar refractivity (Wildman–Crippen MR) is 97.7 cm³/mol. The van der Waals surface area contributed by atoms with E-state index in [9.17, 15) is 0 Å². The minimum Gasteiger partial charge on any atom is -0.464 e. The number of fused-ring (bicyclic) bond motifs is 1. The first-order valence-corrected chi connectivity index (χ1v) is 8.59. The molecule has 2 aromatic carbocycles. The van der Waals surface area contributed by atoms with Crippen molar-refractivity contribution in [2.45, 2.75) is 39.8 Å². The van der Waals surface area contributed by atoms with Crippen LogP contribution in [0.15, 0.2) is 36.4 Å². The minimum absolute atomic E-state index is 0.299. The maximum absolute atomic E-state index is 6.30. The molecule has 0 amide bonds. The van der Waals surface area contributed by atoms with E-state index in [1.165, 1.54) is 5.56 Å². The molecular weight excluding hydrogens is 329 g/mol. The van der Waals surface area contributed by atoms with Gasteiger partial charge in [-0.3, -0.25) is 0 Å². The van der Waals surface area contributed by atoms with Gasteiger partial charge in [-0.2, -0.15) is 0 Å². The van der Waals surface area contributed by atoms with Crippen molar-refractivity contribution in [3.8, 4) is 5.75 Å². The Morgan fingerprint density at radius 2 is 1.91 bits per heavy atom. The Labute approximate surface area is 147 Å². The molecule has 23 heavy (non-hydrogen) atoms. The molecule has 0 aliphatic carbocycles. The molecule has 1 atom stereocenters. The van der Waals surface area contributed by atoms with Crippen molar-refractivity contribution in [2.75, 3.05) is 5.32 Å². The van der Waals surface area contributed by atoms with Gasteiger partial charge in [-0.1, -0.05) is 56.1 Å². The first kappa shape index (κ1) is 16.5. The molecule has 3 rings (SSSR count). The molecule has 122 valence electrons. The SMILES string of the molecule is CC(C)(C)CCc1cccc2c1NC(c1cc(Cl)ccc1Cl)O2. The largest absolute Gasteiger partial charge is 0.464 e. The number of hydrogen-bond acceptors (Lipinski definition) is 2. The van der Waals surface area contributed by atoms with E-state index in [-0.39, 0.29) is 6.23 Å². The molecule has 1 aliphatic heterocycles. The molecular formula is C19H21Cl2NO. The summed E-state index contributed by atoms with van der Waals surface area (Å²) in [5.41, 5.74) is 3.51.